The summed E-state index contributed by atoms with van der Waals surface area (Å²) in [6, 6.07) is -6.52. The third kappa shape index (κ3) is 18.4. The van der Waals surface area contributed by atoms with Crippen molar-refractivity contribution in [3.05, 3.63) is 28.2 Å². The molecule has 1 fully saturated rings. The highest BCUT2D eigenvalue weighted by atomic mass is 79.9. The molecule has 1 aliphatic heterocycles. The van der Waals surface area contributed by atoms with Crippen LogP contribution in [0.15, 0.2) is 22.7 Å². The number of primary amides is 2. The number of esters is 1. The molecule has 386 valence electrons. The maximum atomic E-state index is 14.6. The van der Waals surface area contributed by atoms with Crippen molar-refractivity contribution in [2.24, 2.45) is 23.3 Å². The van der Waals surface area contributed by atoms with E-state index >= 15 is 0 Å². The first-order valence-electron chi connectivity index (χ1n) is 23.0. The number of aliphatic hydroxyl groups is 1. The normalized spacial score (nSPS) is 23.5. The van der Waals surface area contributed by atoms with Crippen LogP contribution in [0.2, 0.25) is 0 Å². The summed E-state index contributed by atoms with van der Waals surface area (Å²) >= 11 is 3.45. The first kappa shape index (κ1) is 59.1. The molecule has 0 saturated carbocycles. The summed E-state index contributed by atoms with van der Waals surface area (Å²) in [5, 5.41) is 28.6. The number of nitrogens with two attached hydrogens (primary N) is 2. The molecule has 10 atom stereocenters. The lowest BCUT2D eigenvalue weighted by atomic mass is 9.95. The van der Waals surface area contributed by atoms with E-state index in [1.165, 1.54) is 28.0 Å². The molecule has 10 amide bonds. The van der Waals surface area contributed by atoms with Gasteiger partial charge in [0.1, 0.15) is 54.1 Å². The van der Waals surface area contributed by atoms with Crippen molar-refractivity contribution in [3.63, 3.8) is 0 Å². The number of carbonyl (C=O) groups excluding carboxylic acids is 10. The highest BCUT2D eigenvalue weighted by Gasteiger charge is 2.41. The fourth-order valence-corrected chi connectivity index (χ4v) is 7.83. The smallest absolute Gasteiger partial charge is 0.329 e. The number of carbonyl (C=O) groups is 10. The van der Waals surface area contributed by atoms with Crippen molar-refractivity contribution in [1.82, 2.24) is 42.1 Å². The molecule has 1 aromatic rings. The maximum Gasteiger partial charge on any atom is 0.329 e. The Balaban J connectivity index is 2.89. The van der Waals surface area contributed by atoms with Crippen LogP contribution in [0.25, 0.3) is 0 Å². The number of cyclic esters (lactones) is 1. The van der Waals surface area contributed by atoms with E-state index in [1.807, 2.05) is 0 Å². The summed E-state index contributed by atoms with van der Waals surface area (Å²) in [5.41, 5.74) is 11.1. The fourth-order valence-electron chi connectivity index (χ4n) is 7.24. The Hall–Kier alpha value is -6.04. The number of hydrogen-bond acceptors (Lipinski definition) is 13. The van der Waals surface area contributed by atoms with Gasteiger partial charge in [0.25, 0.3) is 0 Å². The van der Waals surface area contributed by atoms with Gasteiger partial charge in [-0.3, -0.25) is 38.4 Å². The number of hydrogen-bond donors (Lipinski definition) is 10. The molecule has 1 saturated heterocycles. The molecule has 2 rings (SSSR count). The summed E-state index contributed by atoms with van der Waals surface area (Å²) in [7, 11) is 2.83. The van der Waals surface area contributed by atoms with Gasteiger partial charge in [0.15, 0.2) is 0 Å². The van der Waals surface area contributed by atoms with Crippen molar-refractivity contribution >= 4 is 75.2 Å². The van der Waals surface area contributed by atoms with Crippen molar-refractivity contribution in [2.45, 2.75) is 154 Å². The number of rotatable bonds is 19. The molecule has 12 N–H and O–H groups in total. The van der Waals surface area contributed by atoms with Gasteiger partial charge in [0.05, 0.1) is 17.7 Å². The average Bonchev–Trinajstić information content (AvgIpc) is 3.27. The number of methoxy groups -OCH3 is 1. The van der Waals surface area contributed by atoms with Gasteiger partial charge in [0.2, 0.25) is 47.3 Å². The Morgan fingerprint density at radius 3 is 2.09 bits per heavy atom. The Bertz CT molecular complexity index is 2010. The molecule has 1 aliphatic rings. The van der Waals surface area contributed by atoms with Crippen LogP contribution in [0.3, 0.4) is 0 Å². The number of likely N-dealkylation sites (N-methyl/N-ethyl adjacent to an activating group) is 1. The number of benzene rings is 1. The molecule has 1 aromatic carbocycles. The molecule has 1 heterocycles. The summed E-state index contributed by atoms with van der Waals surface area (Å²) in [6.45, 7) is 10.8. The molecule has 0 radical (unpaired) electrons. The molecular formula is C45H71BrN10O13. The molecule has 0 aliphatic carbocycles. The third-order valence-corrected chi connectivity index (χ3v) is 12.2. The topological polar surface area (TPSA) is 349 Å². The lowest BCUT2D eigenvalue weighted by Gasteiger charge is -2.35. The van der Waals surface area contributed by atoms with Gasteiger partial charge in [-0.1, -0.05) is 47.1 Å². The van der Waals surface area contributed by atoms with Gasteiger partial charge in [0, 0.05) is 32.9 Å². The largest absolute Gasteiger partial charge is 0.496 e. The highest BCUT2D eigenvalue weighted by Crippen LogP contribution is 2.27. The van der Waals surface area contributed by atoms with E-state index in [-0.39, 0.29) is 45.1 Å². The van der Waals surface area contributed by atoms with Crippen LogP contribution < -0.4 is 53.4 Å². The van der Waals surface area contributed by atoms with Gasteiger partial charge >= 0.3 is 12.0 Å². The average molecular weight is 1040 g/mol. The van der Waals surface area contributed by atoms with E-state index in [2.05, 4.69) is 53.1 Å². The number of aliphatic hydroxyl groups excluding tert-OH is 1. The predicted octanol–water partition coefficient (Wildman–Crippen LogP) is -0.722. The van der Waals surface area contributed by atoms with Crippen LogP contribution in [0.1, 0.15) is 99.0 Å². The fraction of sp³-hybridized carbons (Fsp3) is 0.644. The number of amides is 10. The van der Waals surface area contributed by atoms with Crippen molar-refractivity contribution in [1.29, 1.82) is 0 Å². The van der Waals surface area contributed by atoms with E-state index in [4.69, 9.17) is 20.9 Å². The second-order valence-corrected chi connectivity index (χ2v) is 18.3. The quantitative estimate of drug-likeness (QED) is 0.0605. The maximum absolute atomic E-state index is 14.6. The summed E-state index contributed by atoms with van der Waals surface area (Å²) < 4.78 is 11.7. The van der Waals surface area contributed by atoms with Gasteiger partial charge < -0.3 is 68.2 Å². The lowest BCUT2D eigenvalue weighted by molar-refractivity contribution is -0.157. The second kappa shape index (κ2) is 28.5. The summed E-state index contributed by atoms with van der Waals surface area (Å²) in [6.07, 6.45) is -3.40. The van der Waals surface area contributed by atoms with E-state index in [0.29, 0.717) is 28.6 Å². The van der Waals surface area contributed by atoms with Crippen LogP contribution >= 0.6 is 15.9 Å². The zero-order valence-corrected chi connectivity index (χ0v) is 42.4. The molecule has 23 nitrogen and oxygen atoms in total. The van der Waals surface area contributed by atoms with Crippen LogP contribution in [0, 0.1) is 11.8 Å². The predicted molar refractivity (Wildman–Crippen MR) is 254 cm³/mol. The van der Waals surface area contributed by atoms with Gasteiger partial charge in [-0.15, -0.1) is 0 Å². The third-order valence-electron chi connectivity index (χ3n) is 11.6. The zero-order chi connectivity index (χ0) is 52.3. The highest BCUT2D eigenvalue weighted by molar-refractivity contribution is 9.10. The molecule has 69 heavy (non-hydrogen) atoms. The van der Waals surface area contributed by atoms with Crippen molar-refractivity contribution in [2.75, 3.05) is 20.7 Å². The number of nitrogens with zero attached hydrogens (tertiary/aromatic N) is 1. The molecular weight excluding hydrogens is 968 g/mol. The molecule has 0 bridgehead atoms. The molecule has 0 spiro atoms. The van der Waals surface area contributed by atoms with Crippen LogP contribution in [0.5, 0.6) is 5.75 Å². The van der Waals surface area contributed by atoms with Gasteiger partial charge in [-0.05, 0) is 85.0 Å². The molecule has 0 unspecified atom stereocenters. The zero-order valence-electron chi connectivity index (χ0n) is 40.8. The summed E-state index contributed by atoms with van der Waals surface area (Å²) in [4.78, 5) is 137. The van der Waals surface area contributed by atoms with Gasteiger partial charge in [-0.25, -0.2) is 9.59 Å². The molecule has 24 heteroatoms. The van der Waals surface area contributed by atoms with E-state index in [1.54, 1.807) is 52.8 Å². The summed E-state index contributed by atoms with van der Waals surface area (Å²) in [5.74, 6) is -8.83. The van der Waals surface area contributed by atoms with Crippen LogP contribution in [-0.4, -0.2) is 144 Å². The first-order chi connectivity index (χ1) is 32.4. The van der Waals surface area contributed by atoms with E-state index < -0.39 is 126 Å². The van der Waals surface area contributed by atoms with Crippen LogP contribution in [0.4, 0.5) is 4.79 Å². The van der Waals surface area contributed by atoms with Crippen molar-refractivity contribution < 1.29 is 62.5 Å². The lowest BCUT2D eigenvalue weighted by Crippen LogP contribution is -2.63. The minimum absolute atomic E-state index is 0.00814. The standard InChI is InChI=1S/C45H71BrN10O13/c1-10-13-33(59)50-29(16-18-32(47)58)39(61)55-37-25(7)69-44(66)34(22(3)4)52-40(62)30(21-26-15-17-31(68-9)27(46)20-26)56(8)43(65)35(23(5)11-2)53-41(63)36(24(6)57)54-38(60)28(51-42(37)64)14-12-19-49-45(48)67/h15,17,20,22-25,28-30,34-37,57H,10-14,16,18-19,21H2,1-9H3,(H2,47,58)(H,50,59)(H,51,64)(H,52,62)(H,53,63)(H,54,60)(H,55,61)(H3,48,49,67)/t23-,24+,25+,28-,29-,30-,34-,35-,36-,37-/m0/s1. The monoisotopic (exact) mass is 1040 g/mol. The Morgan fingerprint density at radius 2 is 1.54 bits per heavy atom. The van der Waals surface area contributed by atoms with E-state index in [0.717, 1.165) is 4.90 Å². The minimum Gasteiger partial charge on any atom is -0.496 e. The Kier molecular flexibility index (Phi) is 24.4. The van der Waals surface area contributed by atoms with Crippen LogP contribution in [-0.2, 0) is 54.3 Å². The first-order valence-corrected chi connectivity index (χ1v) is 23.8. The molecule has 0 aromatic heterocycles. The minimum atomic E-state index is -1.84. The van der Waals surface area contributed by atoms with E-state index in [9.17, 15) is 53.1 Å². The van der Waals surface area contributed by atoms with Gasteiger partial charge in [-0.2, -0.15) is 0 Å². The van der Waals surface area contributed by atoms with Crippen molar-refractivity contribution in [3.8, 4) is 5.75 Å². The second-order valence-electron chi connectivity index (χ2n) is 17.5. The number of ether oxygens (including phenoxy) is 2. The number of urea groups is 1. The Morgan fingerprint density at radius 1 is 0.899 bits per heavy atom. The number of halogens is 1. The number of nitrogens with one attached hydrogen (secondary N) is 7. The SMILES string of the molecule is CCCC(=O)N[C@@H](CCC(N)=O)C(=O)N[C@@H]1C(=O)N[C@@H](CCCNC(N)=O)C(=O)N[C@@H]([C@@H](C)O)C(=O)N[C@@H]([C@@H](C)CC)C(=O)N(C)[C@@H](Cc2ccc(OC)c(Br)c2)C(=O)N[C@@H](C(C)C)C(=O)O[C@@H]1C. The Labute approximate surface area is 410 Å².